The fourth-order valence-electron chi connectivity index (χ4n) is 2.27. The molecule has 0 radical (unpaired) electrons. The highest BCUT2D eigenvalue weighted by molar-refractivity contribution is 7.98. The van der Waals surface area contributed by atoms with Crippen molar-refractivity contribution in [2.45, 2.75) is 50.0 Å². The van der Waals surface area contributed by atoms with E-state index in [1.807, 2.05) is 6.26 Å². The van der Waals surface area contributed by atoms with E-state index in [0.29, 0.717) is 17.9 Å². The lowest BCUT2D eigenvalue weighted by molar-refractivity contribution is -0.143. The van der Waals surface area contributed by atoms with Crippen molar-refractivity contribution in [3.63, 3.8) is 0 Å². The van der Waals surface area contributed by atoms with Gasteiger partial charge >= 0.3 is 5.97 Å². The summed E-state index contributed by atoms with van der Waals surface area (Å²) >= 11 is 2.92. The van der Waals surface area contributed by atoms with Crippen molar-refractivity contribution in [2.24, 2.45) is 5.73 Å². The Balaban J connectivity index is 5.23. The van der Waals surface area contributed by atoms with Crippen molar-refractivity contribution in [3.05, 3.63) is 0 Å². The van der Waals surface area contributed by atoms with Gasteiger partial charge in [0.1, 0.15) is 18.1 Å². The molecule has 0 spiro atoms. The van der Waals surface area contributed by atoms with Crippen LogP contribution in [-0.4, -0.2) is 99.9 Å². The number of nitrogens with one attached hydrogen (secondary N) is 3. The molecule has 8 N–H and O–H groups in total. The Labute approximate surface area is 184 Å². The Morgan fingerprint density at radius 3 is 1.90 bits per heavy atom. The van der Waals surface area contributed by atoms with Gasteiger partial charge in [0.15, 0.2) is 0 Å². The molecule has 30 heavy (non-hydrogen) atoms. The summed E-state index contributed by atoms with van der Waals surface area (Å²) in [5, 5.41) is 35.0. The second-order valence-electron chi connectivity index (χ2n) is 6.54. The summed E-state index contributed by atoms with van der Waals surface area (Å²) < 4.78 is 0. The van der Waals surface area contributed by atoms with E-state index in [4.69, 9.17) is 15.9 Å². The molecule has 0 fully saturated rings. The normalized spacial score (nSPS) is 15.9. The van der Waals surface area contributed by atoms with Crippen LogP contribution < -0.4 is 21.7 Å². The maximum absolute atomic E-state index is 12.6. The smallest absolute Gasteiger partial charge is 0.328 e. The Morgan fingerprint density at radius 2 is 1.43 bits per heavy atom. The quantitative estimate of drug-likeness (QED) is 0.138. The Kier molecular flexibility index (Phi) is 14.5. The minimum atomic E-state index is -1.52. The lowest BCUT2D eigenvalue weighted by Crippen LogP contribution is -2.60. The number of nitrogens with two attached hydrogens (primary N) is 1. The van der Waals surface area contributed by atoms with Gasteiger partial charge in [-0.25, -0.2) is 4.79 Å². The molecule has 0 aromatic carbocycles. The van der Waals surface area contributed by atoms with Gasteiger partial charge in [0.25, 0.3) is 0 Å². The molecule has 0 saturated heterocycles. The third kappa shape index (κ3) is 10.5. The molecule has 11 nitrogen and oxygen atoms in total. The molecule has 0 rings (SSSR count). The minimum absolute atomic E-state index is 0.171. The first-order chi connectivity index (χ1) is 14.1. The Morgan fingerprint density at radius 1 is 0.900 bits per heavy atom. The zero-order valence-corrected chi connectivity index (χ0v) is 18.9. The molecule has 5 unspecified atom stereocenters. The predicted octanol–water partition coefficient (Wildman–Crippen LogP) is -2.27. The number of hydrogen-bond donors (Lipinski definition) is 7. The van der Waals surface area contributed by atoms with Crippen LogP contribution >= 0.6 is 23.5 Å². The molecule has 0 heterocycles. The SMILES string of the molecule is CSCCC(N)C(=O)NC(C(=O)NC(CCSC)C(=O)NC(CO)C(=O)O)C(C)O. The summed E-state index contributed by atoms with van der Waals surface area (Å²) in [5.74, 6) is -2.53. The number of carbonyl (C=O) groups excluding carboxylic acids is 3. The lowest BCUT2D eigenvalue weighted by Gasteiger charge is -2.26. The minimum Gasteiger partial charge on any atom is -0.480 e. The zero-order valence-electron chi connectivity index (χ0n) is 17.3. The first kappa shape index (κ1) is 28.5. The third-order valence-electron chi connectivity index (χ3n) is 4.07. The van der Waals surface area contributed by atoms with E-state index in [0.717, 1.165) is 0 Å². The van der Waals surface area contributed by atoms with Crippen LogP contribution in [0.1, 0.15) is 19.8 Å². The van der Waals surface area contributed by atoms with Gasteiger partial charge in [-0.3, -0.25) is 14.4 Å². The van der Waals surface area contributed by atoms with Crippen LogP contribution in [0, 0.1) is 0 Å². The van der Waals surface area contributed by atoms with Gasteiger partial charge in [-0.15, -0.1) is 0 Å². The molecule has 0 aliphatic heterocycles. The van der Waals surface area contributed by atoms with Gasteiger partial charge in [-0.05, 0) is 43.8 Å². The van der Waals surface area contributed by atoms with Crippen LogP contribution in [0.2, 0.25) is 0 Å². The lowest BCUT2D eigenvalue weighted by atomic mass is 10.1. The Bertz CT molecular complexity index is 580. The molecular weight excluding hydrogens is 436 g/mol. The van der Waals surface area contributed by atoms with E-state index in [-0.39, 0.29) is 6.42 Å². The number of carbonyl (C=O) groups is 4. The van der Waals surface area contributed by atoms with Crippen molar-refractivity contribution < 1.29 is 34.5 Å². The first-order valence-corrected chi connectivity index (χ1v) is 12.0. The summed E-state index contributed by atoms with van der Waals surface area (Å²) in [5.41, 5.74) is 5.78. The second kappa shape index (κ2) is 15.3. The Hall–Kier alpha value is -1.54. The van der Waals surface area contributed by atoms with E-state index in [1.54, 1.807) is 6.26 Å². The largest absolute Gasteiger partial charge is 0.480 e. The molecule has 0 aromatic heterocycles. The number of carboxylic acid groups (broad SMARTS) is 1. The summed E-state index contributed by atoms with van der Waals surface area (Å²) in [6, 6.07) is -4.85. The monoisotopic (exact) mass is 468 g/mol. The fraction of sp³-hybridized carbons (Fsp3) is 0.765. The molecule has 5 atom stereocenters. The maximum atomic E-state index is 12.6. The van der Waals surface area contributed by atoms with Crippen LogP contribution in [-0.2, 0) is 19.2 Å². The van der Waals surface area contributed by atoms with Gasteiger partial charge in [0.05, 0.1) is 18.8 Å². The van der Waals surface area contributed by atoms with Crippen molar-refractivity contribution in [1.29, 1.82) is 0 Å². The summed E-state index contributed by atoms with van der Waals surface area (Å²) in [4.78, 5) is 48.3. The molecule has 13 heteroatoms. The van der Waals surface area contributed by atoms with Gasteiger partial charge in [-0.1, -0.05) is 0 Å². The average Bonchev–Trinajstić information content (AvgIpc) is 2.69. The molecular formula is C17H32N4O7S2. The van der Waals surface area contributed by atoms with Crippen LogP contribution in [0.4, 0.5) is 0 Å². The highest BCUT2D eigenvalue weighted by Gasteiger charge is 2.32. The van der Waals surface area contributed by atoms with Crippen LogP contribution in [0.3, 0.4) is 0 Å². The number of rotatable bonds is 15. The van der Waals surface area contributed by atoms with E-state index >= 15 is 0 Å². The van der Waals surface area contributed by atoms with Crippen molar-refractivity contribution in [3.8, 4) is 0 Å². The molecule has 0 aliphatic carbocycles. The highest BCUT2D eigenvalue weighted by Crippen LogP contribution is 2.05. The van der Waals surface area contributed by atoms with E-state index in [1.165, 1.54) is 30.4 Å². The number of aliphatic carboxylic acids is 1. The number of aliphatic hydroxyl groups excluding tert-OH is 2. The second-order valence-corrected chi connectivity index (χ2v) is 8.51. The summed E-state index contributed by atoms with van der Waals surface area (Å²) in [7, 11) is 0. The van der Waals surface area contributed by atoms with Gasteiger partial charge < -0.3 is 37.0 Å². The number of amides is 3. The summed E-state index contributed by atoms with van der Waals surface area (Å²) in [6.45, 7) is 0.492. The van der Waals surface area contributed by atoms with Crippen molar-refractivity contribution in [1.82, 2.24) is 16.0 Å². The maximum Gasteiger partial charge on any atom is 0.328 e. The van der Waals surface area contributed by atoms with E-state index in [2.05, 4.69) is 16.0 Å². The van der Waals surface area contributed by atoms with Crippen LogP contribution in [0.5, 0.6) is 0 Å². The molecule has 0 aromatic rings. The zero-order chi connectivity index (χ0) is 23.3. The number of hydrogen-bond acceptors (Lipinski definition) is 9. The van der Waals surface area contributed by atoms with Gasteiger partial charge in [0.2, 0.25) is 17.7 Å². The standard InChI is InChI=1S/C17H32N4O7S2/c1-9(23)13(21-14(24)10(18)4-6-29-2)16(26)19-11(5-7-30-3)15(25)20-12(8-22)17(27)28/h9-13,22-23H,4-8,18H2,1-3H3,(H,19,26)(H,20,25)(H,21,24)(H,27,28). The van der Waals surface area contributed by atoms with Crippen LogP contribution in [0.15, 0.2) is 0 Å². The fourth-order valence-corrected chi connectivity index (χ4v) is 3.23. The first-order valence-electron chi connectivity index (χ1n) is 9.25. The van der Waals surface area contributed by atoms with E-state index < -0.39 is 60.6 Å². The number of carboxylic acids is 1. The van der Waals surface area contributed by atoms with Crippen LogP contribution in [0.25, 0.3) is 0 Å². The predicted molar refractivity (Wildman–Crippen MR) is 116 cm³/mol. The molecule has 0 aliphatic rings. The average molecular weight is 469 g/mol. The topological polar surface area (TPSA) is 191 Å². The molecule has 174 valence electrons. The summed E-state index contributed by atoms with van der Waals surface area (Å²) in [6.07, 6.45) is 2.94. The molecule has 0 bridgehead atoms. The highest BCUT2D eigenvalue weighted by atomic mass is 32.2. The third-order valence-corrected chi connectivity index (χ3v) is 5.36. The van der Waals surface area contributed by atoms with Gasteiger partial charge in [-0.2, -0.15) is 23.5 Å². The van der Waals surface area contributed by atoms with Crippen molar-refractivity contribution in [2.75, 3.05) is 30.6 Å². The molecule has 3 amide bonds. The van der Waals surface area contributed by atoms with E-state index in [9.17, 15) is 24.3 Å². The van der Waals surface area contributed by atoms with Crippen molar-refractivity contribution >= 4 is 47.2 Å². The molecule has 0 saturated carbocycles. The number of aliphatic hydroxyl groups is 2. The van der Waals surface area contributed by atoms with Gasteiger partial charge in [0, 0.05) is 0 Å². The number of thioether (sulfide) groups is 2.